The maximum Gasteiger partial charge on any atom is 0.229 e. The number of hydrogen-bond donors (Lipinski definition) is 1. The third-order valence-electron chi connectivity index (χ3n) is 4.15. The van der Waals surface area contributed by atoms with Gasteiger partial charge in [0.05, 0.1) is 17.5 Å². The lowest BCUT2D eigenvalue weighted by Gasteiger charge is -2.24. The smallest absolute Gasteiger partial charge is 0.229 e. The molecule has 0 saturated carbocycles. The maximum atomic E-state index is 11.9. The topological polar surface area (TPSA) is 69.0 Å². The van der Waals surface area contributed by atoms with E-state index < -0.39 is 0 Å². The van der Waals surface area contributed by atoms with Crippen LogP contribution in [0.2, 0.25) is 5.02 Å². The van der Waals surface area contributed by atoms with E-state index in [1.165, 1.54) is 6.33 Å². The molecule has 2 aromatic carbocycles. The van der Waals surface area contributed by atoms with Crippen molar-refractivity contribution in [2.45, 2.75) is 19.1 Å². The number of halogens is 2. The van der Waals surface area contributed by atoms with Crippen LogP contribution in [-0.2, 0) is 11.4 Å². The number of rotatable bonds is 4. The first kappa shape index (κ1) is 17.1. The van der Waals surface area contributed by atoms with E-state index in [4.69, 9.17) is 16.3 Å². The van der Waals surface area contributed by atoms with Crippen molar-refractivity contribution >= 4 is 39.4 Å². The molecule has 1 amide bonds. The van der Waals surface area contributed by atoms with Crippen molar-refractivity contribution in [2.75, 3.05) is 5.32 Å². The summed E-state index contributed by atoms with van der Waals surface area (Å²) < 4.78 is 8.53. The average molecular weight is 434 g/mol. The lowest BCUT2D eigenvalue weighted by molar-refractivity contribution is -0.117. The van der Waals surface area contributed by atoms with E-state index in [9.17, 15) is 4.79 Å². The third kappa shape index (κ3) is 3.45. The summed E-state index contributed by atoms with van der Waals surface area (Å²) in [7, 11) is 0. The van der Waals surface area contributed by atoms with Gasteiger partial charge in [-0.15, -0.1) is 0 Å². The largest absolute Gasteiger partial charge is 0.487 e. The minimum Gasteiger partial charge on any atom is -0.487 e. The molecule has 1 atom stereocenters. The fourth-order valence-electron chi connectivity index (χ4n) is 2.85. The highest BCUT2D eigenvalue weighted by atomic mass is 79.9. The lowest BCUT2D eigenvalue weighted by Crippen LogP contribution is -2.29. The van der Waals surface area contributed by atoms with E-state index in [2.05, 4.69) is 31.3 Å². The fourth-order valence-corrected chi connectivity index (χ4v) is 3.36. The van der Waals surface area contributed by atoms with E-state index >= 15 is 0 Å². The van der Waals surface area contributed by atoms with Crippen LogP contribution in [0.1, 0.15) is 23.6 Å². The molecule has 26 heavy (non-hydrogen) atoms. The van der Waals surface area contributed by atoms with Gasteiger partial charge >= 0.3 is 0 Å². The fraction of sp³-hybridized carbons (Fsp3) is 0.167. The van der Waals surface area contributed by atoms with Gasteiger partial charge < -0.3 is 4.74 Å². The van der Waals surface area contributed by atoms with Gasteiger partial charge in [0.25, 0.3) is 0 Å². The molecule has 1 aliphatic heterocycles. The van der Waals surface area contributed by atoms with Gasteiger partial charge in [-0.1, -0.05) is 45.7 Å². The number of fused-ring (bicyclic) bond motifs is 1. The Morgan fingerprint density at radius 1 is 1.27 bits per heavy atom. The summed E-state index contributed by atoms with van der Waals surface area (Å²) in [5.74, 6) is 0.942. The lowest BCUT2D eigenvalue weighted by atomic mass is 10.0. The number of aromatic nitrogens is 3. The van der Waals surface area contributed by atoms with Crippen molar-refractivity contribution in [3.05, 3.63) is 69.4 Å². The van der Waals surface area contributed by atoms with E-state index in [1.54, 1.807) is 4.68 Å². The Hall–Kier alpha value is -2.38. The highest BCUT2D eigenvalue weighted by Gasteiger charge is 2.28. The van der Waals surface area contributed by atoms with E-state index in [-0.39, 0.29) is 18.4 Å². The van der Waals surface area contributed by atoms with Gasteiger partial charge in [0.1, 0.15) is 18.7 Å². The van der Waals surface area contributed by atoms with Crippen molar-refractivity contribution < 1.29 is 9.53 Å². The summed E-state index contributed by atoms with van der Waals surface area (Å²) in [5.41, 5.74) is 1.93. The molecule has 0 radical (unpaired) electrons. The standard InChI is InChI=1S/C18H14BrClN4O2/c19-13-4-1-11(2-5-13)9-26-16-6-3-12(7-14(16)20)15-8-17(25)23-18-21-10-22-24(15)18/h1-7,10,15H,8-9H2,(H,21,22,23,25)/t15-/m1/s1. The van der Waals surface area contributed by atoms with Gasteiger partial charge in [-0.3, -0.25) is 10.1 Å². The number of anilines is 1. The minimum absolute atomic E-state index is 0.0952. The summed E-state index contributed by atoms with van der Waals surface area (Å²) in [6.45, 7) is 0.422. The Morgan fingerprint density at radius 3 is 2.85 bits per heavy atom. The number of carbonyl (C=O) groups is 1. The third-order valence-corrected chi connectivity index (χ3v) is 4.97. The molecule has 0 spiro atoms. The Morgan fingerprint density at radius 2 is 2.08 bits per heavy atom. The maximum absolute atomic E-state index is 11.9. The molecule has 8 heteroatoms. The number of amides is 1. The zero-order valence-corrected chi connectivity index (χ0v) is 15.9. The monoisotopic (exact) mass is 432 g/mol. The summed E-state index contributed by atoms with van der Waals surface area (Å²) in [6.07, 6.45) is 1.71. The van der Waals surface area contributed by atoms with Crippen LogP contribution in [0.25, 0.3) is 0 Å². The minimum atomic E-state index is -0.237. The van der Waals surface area contributed by atoms with Crippen LogP contribution in [-0.4, -0.2) is 20.7 Å². The molecule has 0 saturated heterocycles. The second kappa shape index (κ2) is 7.09. The quantitative estimate of drug-likeness (QED) is 0.669. The van der Waals surface area contributed by atoms with Gasteiger partial charge in [-0.2, -0.15) is 10.1 Å². The normalized spacial score (nSPS) is 16.1. The van der Waals surface area contributed by atoms with Gasteiger partial charge in [0, 0.05) is 4.47 Å². The zero-order chi connectivity index (χ0) is 18.1. The molecule has 0 bridgehead atoms. The van der Waals surface area contributed by atoms with Gasteiger partial charge in [-0.25, -0.2) is 4.68 Å². The molecule has 0 unspecified atom stereocenters. The van der Waals surface area contributed by atoms with E-state index in [1.807, 2.05) is 42.5 Å². The summed E-state index contributed by atoms with van der Waals surface area (Å²) in [6, 6.07) is 13.2. The first-order chi connectivity index (χ1) is 12.6. The Bertz CT molecular complexity index is 958. The SMILES string of the molecule is O=C1C[C@H](c2ccc(OCc3ccc(Br)cc3)c(Cl)c2)n2ncnc2N1. The molecule has 0 aliphatic carbocycles. The van der Waals surface area contributed by atoms with Crippen LogP contribution in [0, 0.1) is 0 Å². The number of carbonyl (C=O) groups excluding carboxylic acids is 1. The summed E-state index contributed by atoms with van der Waals surface area (Å²) >= 11 is 9.81. The zero-order valence-electron chi connectivity index (χ0n) is 13.5. The van der Waals surface area contributed by atoms with Crippen molar-refractivity contribution in [3.8, 4) is 5.75 Å². The van der Waals surface area contributed by atoms with Gasteiger partial charge in [0.15, 0.2) is 0 Å². The van der Waals surface area contributed by atoms with Crippen molar-refractivity contribution in [2.24, 2.45) is 0 Å². The Labute approximate surface area is 163 Å². The first-order valence-electron chi connectivity index (χ1n) is 7.96. The highest BCUT2D eigenvalue weighted by molar-refractivity contribution is 9.10. The van der Waals surface area contributed by atoms with Crippen LogP contribution in [0.4, 0.5) is 5.95 Å². The van der Waals surface area contributed by atoms with Crippen LogP contribution in [0.3, 0.4) is 0 Å². The summed E-state index contributed by atoms with van der Waals surface area (Å²) in [5, 5.41) is 7.39. The molecule has 1 aliphatic rings. The van der Waals surface area contributed by atoms with Gasteiger partial charge in [-0.05, 0) is 35.4 Å². The second-order valence-corrected chi connectivity index (χ2v) is 7.22. The number of nitrogens with one attached hydrogen (secondary N) is 1. The van der Waals surface area contributed by atoms with Gasteiger partial charge in [0.2, 0.25) is 11.9 Å². The van der Waals surface area contributed by atoms with Crippen LogP contribution in [0.15, 0.2) is 53.3 Å². The number of ether oxygens (including phenoxy) is 1. The molecule has 1 N–H and O–H groups in total. The summed E-state index contributed by atoms with van der Waals surface area (Å²) in [4.78, 5) is 15.9. The molecule has 1 aromatic heterocycles. The van der Waals surface area contributed by atoms with Crippen molar-refractivity contribution in [3.63, 3.8) is 0 Å². The first-order valence-corrected chi connectivity index (χ1v) is 9.13. The Kier molecular flexibility index (Phi) is 4.65. The second-order valence-electron chi connectivity index (χ2n) is 5.90. The van der Waals surface area contributed by atoms with Crippen molar-refractivity contribution in [1.82, 2.24) is 14.8 Å². The highest BCUT2D eigenvalue weighted by Crippen LogP contribution is 2.33. The predicted octanol–water partition coefficient (Wildman–Crippen LogP) is 4.20. The van der Waals surface area contributed by atoms with Crippen LogP contribution < -0.4 is 10.1 Å². The molecule has 3 aromatic rings. The molecule has 0 fully saturated rings. The Balaban J connectivity index is 1.53. The molecule has 6 nitrogen and oxygen atoms in total. The molecular weight excluding hydrogens is 420 g/mol. The number of hydrogen-bond acceptors (Lipinski definition) is 4. The van der Waals surface area contributed by atoms with E-state index in [0.717, 1.165) is 15.6 Å². The molecule has 4 rings (SSSR count). The molecule has 132 valence electrons. The van der Waals surface area contributed by atoms with E-state index in [0.29, 0.717) is 23.3 Å². The molecule has 2 heterocycles. The van der Waals surface area contributed by atoms with Crippen molar-refractivity contribution in [1.29, 1.82) is 0 Å². The predicted molar refractivity (Wildman–Crippen MR) is 101 cm³/mol. The number of nitrogens with zero attached hydrogens (tertiary/aromatic N) is 3. The van der Waals surface area contributed by atoms with Crippen LogP contribution >= 0.6 is 27.5 Å². The molecular formula is C18H14BrClN4O2. The average Bonchev–Trinajstić information content (AvgIpc) is 3.09. The van der Waals surface area contributed by atoms with Crippen LogP contribution in [0.5, 0.6) is 5.75 Å². The number of benzene rings is 2.